The molecule has 4 N–H and O–H groups in total. The summed E-state index contributed by atoms with van der Waals surface area (Å²) in [5.74, 6) is 0.108. The van der Waals surface area contributed by atoms with Gasteiger partial charge in [-0.3, -0.25) is 0 Å². The van der Waals surface area contributed by atoms with Crippen LogP contribution in [0.3, 0.4) is 0 Å². The predicted octanol–water partition coefficient (Wildman–Crippen LogP) is 4.00. The van der Waals surface area contributed by atoms with Crippen LogP contribution in [0, 0.1) is 18.3 Å². The molecule has 26 heavy (non-hydrogen) atoms. The molecule has 2 heterocycles. The van der Waals surface area contributed by atoms with E-state index in [9.17, 15) is 5.26 Å². The number of halogens is 1. The molecule has 0 radical (unpaired) electrons. The summed E-state index contributed by atoms with van der Waals surface area (Å²) in [6.45, 7) is 2.01. The predicted molar refractivity (Wildman–Crippen MR) is 102 cm³/mol. The van der Waals surface area contributed by atoms with Crippen molar-refractivity contribution in [2.24, 2.45) is 5.73 Å². The van der Waals surface area contributed by atoms with Crippen LogP contribution in [-0.4, -0.2) is 4.98 Å². The molecule has 1 aliphatic heterocycles. The molecule has 0 spiro atoms. The minimum Gasteiger partial charge on any atom is -0.440 e. The fourth-order valence-electron chi connectivity index (χ4n) is 3.28. The van der Waals surface area contributed by atoms with Crippen molar-refractivity contribution in [2.45, 2.75) is 12.8 Å². The summed E-state index contributed by atoms with van der Waals surface area (Å²) in [5, 5.41) is 10.9. The van der Waals surface area contributed by atoms with Crippen molar-refractivity contribution < 1.29 is 4.74 Å². The van der Waals surface area contributed by atoms with Crippen molar-refractivity contribution in [3.8, 4) is 11.8 Å². The molecular weight excluding hydrogens is 348 g/mol. The van der Waals surface area contributed by atoms with Crippen LogP contribution in [0.15, 0.2) is 53.9 Å². The molecule has 0 saturated heterocycles. The summed E-state index contributed by atoms with van der Waals surface area (Å²) in [6, 6.07) is 15.3. The monoisotopic (exact) mass is 362 g/mol. The van der Waals surface area contributed by atoms with Gasteiger partial charge in [-0.25, -0.2) is 4.98 Å². The molecule has 128 valence electrons. The van der Waals surface area contributed by atoms with E-state index in [-0.39, 0.29) is 5.88 Å². The van der Waals surface area contributed by atoms with Gasteiger partial charge < -0.3 is 16.2 Å². The highest BCUT2D eigenvalue weighted by Gasteiger charge is 2.32. The topological polar surface area (TPSA) is 98.0 Å². The van der Waals surface area contributed by atoms with Gasteiger partial charge in [0.1, 0.15) is 22.5 Å². The number of nitrogens with zero attached hydrogens (tertiary/aromatic N) is 2. The molecule has 0 amide bonds. The number of nitrogen functional groups attached to an aromatic ring is 1. The Hall–Kier alpha value is -3.23. The number of benzene rings is 2. The van der Waals surface area contributed by atoms with E-state index < -0.39 is 5.92 Å². The highest BCUT2D eigenvalue weighted by atomic mass is 35.5. The third-order valence-corrected chi connectivity index (χ3v) is 4.81. The fourth-order valence-corrected chi connectivity index (χ4v) is 3.54. The Bertz CT molecular complexity index is 1130. The third-order valence-electron chi connectivity index (χ3n) is 4.50. The number of nitrogens with two attached hydrogens (primary N) is 2. The highest BCUT2D eigenvalue weighted by molar-refractivity contribution is 6.30. The molecule has 0 saturated carbocycles. The van der Waals surface area contributed by atoms with E-state index in [0.717, 1.165) is 22.0 Å². The number of hydrogen-bond acceptors (Lipinski definition) is 5. The first kappa shape index (κ1) is 16.2. The molecule has 1 unspecified atom stereocenters. The number of pyridine rings is 1. The summed E-state index contributed by atoms with van der Waals surface area (Å²) in [6.07, 6.45) is 0. The van der Waals surface area contributed by atoms with Gasteiger partial charge in [0.2, 0.25) is 5.88 Å². The van der Waals surface area contributed by atoms with Crippen LogP contribution in [-0.2, 0) is 0 Å². The van der Waals surface area contributed by atoms with E-state index in [2.05, 4.69) is 11.1 Å². The molecule has 2 aromatic carbocycles. The van der Waals surface area contributed by atoms with E-state index in [1.54, 1.807) is 12.1 Å². The largest absolute Gasteiger partial charge is 0.440 e. The number of hydrogen-bond donors (Lipinski definition) is 2. The minimum absolute atomic E-state index is 0.0519. The van der Waals surface area contributed by atoms with Crippen molar-refractivity contribution in [3.63, 3.8) is 0 Å². The zero-order valence-corrected chi connectivity index (χ0v) is 14.7. The Kier molecular flexibility index (Phi) is 3.71. The number of aromatic nitrogens is 1. The van der Waals surface area contributed by atoms with Crippen molar-refractivity contribution in [1.29, 1.82) is 5.26 Å². The van der Waals surface area contributed by atoms with Gasteiger partial charge >= 0.3 is 0 Å². The highest BCUT2D eigenvalue weighted by Crippen LogP contribution is 2.44. The zero-order chi connectivity index (χ0) is 18.4. The lowest BCUT2D eigenvalue weighted by molar-refractivity contribution is 0.394. The lowest BCUT2D eigenvalue weighted by Crippen LogP contribution is -2.21. The van der Waals surface area contributed by atoms with Crippen LogP contribution in [0.4, 0.5) is 5.69 Å². The summed E-state index contributed by atoms with van der Waals surface area (Å²) in [4.78, 5) is 4.50. The number of rotatable bonds is 1. The molecule has 5 nitrogen and oxygen atoms in total. The summed E-state index contributed by atoms with van der Waals surface area (Å²) in [7, 11) is 0. The third kappa shape index (κ3) is 2.52. The summed E-state index contributed by atoms with van der Waals surface area (Å²) >= 11 is 6.49. The second-order valence-corrected chi connectivity index (χ2v) is 6.64. The Labute approximate surface area is 155 Å². The second kappa shape index (κ2) is 5.94. The van der Waals surface area contributed by atoms with Gasteiger partial charge in [-0.15, -0.1) is 0 Å². The van der Waals surface area contributed by atoms with Crippen molar-refractivity contribution >= 4 is 28.2 Å². The SMILES string of the molecule is Cc1ccc2nc(Cl)c(C3C(C#N)=C(N)Oc4cc(N)ccc43)cc2c1. The normalized spacial score (nSPS) is 16.1. The molecule has 1 aliphatic rings. The van der Waals surface area contributed by atoms with E-state index in [1.165, 1.54) is 0 Å². The number of fused-ring (bicyclic) bond motifs is 2. The minimum atomic E-state index is -0.464. The van der Waals surface area contributed by atoms with E-state index >= 15 is 0 Å². The zero-order valence-electron chi connectivity index (χ0n) is 14.0. The Morgan fingerprint density at radius 1 is 1.12 bits per heavy atom. The number of ether oxygens (including phenoxy) is 1. The van der Waals surface area contributed by atoms with Gasteiger partial charge in [-0.1, -0.05) is 29.3 Å². The number of nitriles is 1. The van der Waals surface area contributed by atoms with E-state index in [0.29, 0.717) is 27.7 Å². The lowest BCUT2D eigenvalue weighted by Gasteiger charge is -2.27. The van der Waals surface area contributed by atoms with Gasteiger partial charge in [0.15, 0.2) is 0 Å². The summed E-state index contributed by atoms with van der Waals surface area (Å²) in [5.41, 5.74) is 16.1. The number of anilines is 1. The molecule has 3 aromatic rings. The molecule has 0 bridgehead atoms. The average molecular weight is 363 g/mol. The van der Waals surface area contributed by atoms with Crippen molar-refractivity contribution in [1.82, 2.24) is 4.98 Å². The van der Waals surface area contributed by atoms with Crippen LogP contribution in [0.25, 0.3) is 10.9 Å². The summed E-state index contributed by atoms with van der Waals surface area (Å²) < 4.78 is 5.61. The molecule has 6 heteroatoms. The molecule has 1 aromatic heterocycles. The molecular formula is C20H15ClN4O. The Balaban J connectivity index is 2.00. The first-order chi connectivity index (χ1) is 12.5. The van der Waals surface area contributed by atoms with E-state index in [4.69, 9.17) is 27.8 Å². The second-order valence-electron chi connectivity index (χ2n) is 6.29. The molecule has 0 aliphatic carbocycles. The Morgan fingerprint density at radius 2 is 1.92 bits per heavy atom. The van der Waals surface area contributed by atoms with Crippen LogP contribution in [0.2, 0.25) is 5.15 Å². The first-order valence-corrected chi connectivity index (χ1v) is 8.39. The molecule has 4 rings (SSSR count). The van der Waals surface area contributed by atoms with Crippen LogP contribution < -0.4 is 16.2 Å². The average Bonchev–Trinajstić information content (AvgIpc) is 2.60. The van der Waals surface area contributed by atoms with Gasteiger partial charge in [-0.2, -0.15) is 5.26 Å². The van der Waals surface area contributed by atoms with Crippen LogP contribution in [0.1, 0.15) is 22.6 Å². The van der Waals surface area contributed by atoms with Crippen molar-refractivity contribution in [3.05, 3.63) is 75.8 Å². The first-order valence-electron chi connectivity index (χ1n) is 8.01. The lowest BCUT2D eigenvalue weighted by atomic mass is 9.83. The maximum atomic E-state index is 9.67. The van der Waals surface area contributed by atoms with E-state index in [1.807, 2.05) is 37.3 Å². The van der Waals surface area contributed by atoms with Gasteiger partial charge in [0, 0.05) is 28.3 Å². The number of allylic oxidation sites excluding steroid dienone is 1. The fraction of sp³-hybridized carbons (Fsp3) is 0.100. The Morgan fingerprint density at radius 3 is 2.69 bits per heavy atom. The van der Waals surface area contributed by atoms with Gasteiger partial charge in [-0.05, 0) is 31.2 Å². The maximum Gasteiger partial charge on any atom is 0.205 e. The van der Waals surface area contributed by atoms with Crippen molar-refractivity contribution in [2.75, 3.05) is 5.73 Å². The van der Waals surface area contributed by atoms with Gasteiger partial charge in [0.05, 0.1) is 11.4 Å². The number of aryl methyl sites for hydroxylation is 1. The molecule has 1 atom stereocenters. The molecule has 0 fully saturated rings. The van der Waals surface area contributed by atoms with Crippen LogP contribution >= 0.6 is 11.6 Å². The van der Waals surface area contributed by atoms with Gasteiger partial charge in [0.25, 0.3) is 0 Å². The quantitative estimate of drug-likeness (QED) is 0.503. The van der Waals surface area contributed by atoms with Crippen LogP contribution in [0.5, 0.6) is 5.75 Å². The standard InChI is InChI=1S/C20H15ClN4O/c1-10-2-5-16-11(6-10)7-14(19(21)25-16)18-13-4-3-12(23)8-17(13)26-20(24)15(18)9-22/h2-8,18H,23-24H2,1H3. The maximum absolute atomic E-state index is 9.67. The smallest absolute Gasteiger partial charge is 0.205 e.